The Morgan fingerprint density at radius 3 is 2.38 bits per heavy atom. The first-order valence-corrected chi connectivity index (χ1v) is 9.46. The summed E-state index contributed by atoms with van der Waals surface area (Å²) in [5.41, 5.74) is 3.11. The first kappa shape index (κ1) is 19.2. The summed E-state index contributed by atoms with van der Waals surface area (Å²) in [6.45, 7) is 3.85. The molecule has 1 atom stereocenters. The zero-order chi connectivity index (χ0) is 20.6. The van der Waals surface area contributed by atoms with Crippen LogP contribution < -0.4 is 5.32 Å². The summed E-state index contributed by atoms with van der Waals surface area (Å²) in [6.07, 6.45) is -3.57. The SMILES string of the molecule is CCC1N=C(Nc2cc(C)nc(-c3ccccc3C(F)(F)F)c2)c2ccccc21. The van der Waals surface area contributed by atoms with Gasteiger partial charge in [0.1, 0.15) is 5.84 Å². The van der Waals surface area contributed by atoms with Gasteiger partial charge in [-0.05, 0) is 37.1 Å². The Hall–Kier alpha value is -3.15. The number of alkyl halides is 3. The molecule has 3 aromatic rings. The molecule has 0 saturated heterocycles. The molecule has 1 aliphatic rings. The average molecular weight is 395 g/mol. The molecule has 0 aliphatic carbocycles. The molecule has 0 spiro atoms. The van der Waals surface area contributed by atoms with Gasteiger partial charge in [0, 0.05) is 22.5 Å². The normalized spacial score (nSPS) is 15.8. The number of rotatable bonds is 3. The van der Waals surface area contributed by atoms with E-state index in [9.17, 15) is 13.2 Å². The molecule has 6 heteroatoms. The van der Waals surface area contributed by atoms with E-state index in [-0.39, 0.29) is 17.3 Å². The van der Waals surface area contributed by atoms with E-state index in [0.717, 1.165) is 29.4 Å². The molecule has 0 radical (unpaired) electrons. The maximum atomic E-state index is 13.4. The van der Waals surface area contributed by atoms with E-state index in [4.69, 9.17) is 4.99 Å². The van der Waals surface area contributed by atoms with Gasteiger partial charge in [-0.2, -0.15) is 13.2 Å². The third-order valence-corrected chi connectivity index (χ3v) is 4.97. The van der Waals surface area contributed by atoms with Gasteiger partial charge in [-0.1, -0.05) is 49.4 Å². The van der Waals surface area contributed by atoms with Crippen molar-refractivity contribution in [3.05, 3.63) is 83.0 Å². The highest BCUT2D eigenvalue weighted by Gasteiger charge is 2.33. The van der Waals surface area contributed by atoms with E-state index < -0.39 is 11.7 Å². The van der Waals surface area contributed by atoms with Crippen LogP contribution in [0.5, 0.6) is 0 Å². The summed E-state index contributed by atoms with van der Waals surface area (Å²) in [5, 5.41) is 3.30. The predicted molar refractivity (Wildman–Crippen MR) is 109 cm³/mol. The minimum absolute atomic E-state index is 0.0620. The van der Waals surface area contributed by atoms with Crippen LogP contribution in [0.1, 0.15) is 41.8 Å². The molecule has 1 aromatic heterocycles. The molecule has 0 amide bonds. The Morgan fingerprint density at radius 2 is 1.66 bits per heavy atom. The van der Waals surface area contributed by atoms with Crippen LogP contribution in [0.2, 0.25) is 0 Å². The fourth-order valence-corrected chi connectivity index (χ4v) is 3.68. The molecule has 2 heterocycles. The van der Waals surface area contributed by atoms with Crippen LogP contribution in [-0.4, -0.2) is 10.8 Å². The number of pyridine rings is 1. The van der Waals surface area contributed by atoms with E-state index >= 15 is 0 Å². The Morgan fingerprint density at radius 1 is 0.966 bits per heavy atom. The van der Waals surface area contributed by atoms with Crippen molar-refractivity contribution < 1.29 is 13.2 Å². The summed E-state index contributed by atoms with van der Waals surface area (Å²) in [6, 6.07) is 17.0. The zero-order valence-electron chi connectivity index (χ0n) is 16.1. The summed E-state index contributed by atoms with van der Waals surface area (Å²) < 4.78 is 40.3. The van der Waals surface area contributed by atoms with Gasteiger partial charge in [0.05, 0.1) is 17.3 Å². The van der Waals surface area contributed by atoms with Gasteiger partial charge in [0.25, 0.3) is 0 Å². The molecule has 0 saturated carbocycles. The number of nitrogens with one attached hydrogen (secondary N) is 1. The van der Waals surface area contributed by atoms with Gasteiger partial charge in [-0.25, -0.2) is 0 Å². The fraction of sp³-hybridized carbons (Fsp3) is 0.217. The Labute approximate surface area is 167 Å². The lowest BCUT2D eigenvalue weighted by Gasteiger charge is -2.14. The highest BCUT2D eigenvalue weighted by Crippen LogP contribution is 2.37. The number of fused-ring (bicyclic) bond motifs is 1. The average Bonchev–Trinajstić information content (AvgIpc) is 3.05. The number of anilines is 1. The lowest BCUT2D eigenvalue weighted by molar-refractivity contribution is -0.137. The van der Waals surface area contributed by atoms with Crippen LogP contribution in [0.4, 0.5) is 18.9 Å². The number of benzene rings is 2. The Bertz CT molecular complexity index is 1090. The monoisotopic (exact) mass is 395 g/mol. The van der Waals surface area contributed by atoms with Crippen LogP contribution in [0.3, 0.4) is 0 Å². The summed E-state index contributed by atoms with van der Waals surface area (Å²) in [4.78, 5) is 9.11. The van der Waals surface area contributed by atoms with E-state index in [1.807, 2.05) is 24.3 Å². The summed E-state index contributed by atoms with van der Waals surface area (Å²) >= 11 is 0. The number of nitrogens with zero attached hydrogens (tertiary/aromatic N) is 2. The van der Waals surface area contributed by atoms with Crippen molar-refractivity contribution in [2.45, 2.75) is 32.5 Å². The molecule has 2 aromatic carbocycles. The smallest absolute Gasteiger partial charge is 0.340 e. The van der Waals surface area contributed by atoms with E-state index in [0.29, 0.717) is 11.4 Å². The lowest BCUT2D eigenvalue weighted by Crippen LogP contribution is -2.12. The van der Waals surface area contributed by atoms with E-state index in [1.54, 1.807) is 19.1 Å². The molecule has 3 nitrogen and oxygen atoms in total. The Balaban J connectivity index is 1.73. The van der Waals surface area contributed by atoms with E-state index in [1.165, 1.54) is 12.1 Å². The fourth-order valence-electron chi connectivity index (χ4n) is 3.68. The molecule has 4 rings (SSSR count). The van der Waals surface area contributed by atoms with Gasteiger partial charge in [-0.3, -0.25) is 9.98 Å². The molecule has 1 aliphatic heterocycles. The molecular weight excluding hydrogens is 375 g/mol. The van der Waals surface area contributed by atoms with Crippen LogP contribution in [0, 0.1) is 6.92 Å². The third-order valence-electron chi connectivity index (χ3n) is 4.97. The highest BCUT2D eigenvalue weighted by atomic mass is 19.4. The third kappa shape index (κ3) is 3.75. The van der Waals surface area contributed by atoms with Gasteiger partial charge in [0.2, 0.25) is 0 Å². The lowest BCUT2D eigenvalue weighted by atomic mass is 10.0. The highest BCUT2D eigenvalue weighted by molar-refractivity contribution is 6.11. The molecule has 0 fully saturated rings. The van der Waals surface area contributed by atoms with Gasteiger partial charge in [0.15, 0.2) is 0 Å². The maximum absolute atomic E-state index is 13.4. The van der Waals surface area contributed by atoms with Crippen molar-refractivity contribution >= 4 is 11.5 Å². The molecule has 1 unspecified atom stereocenters. The standard InChI is InChI=1S/C23H20F3N3/c1-3-20-16-8-4-5-9-17(16)22(29-20)28-15-12-14(2)27-21(13-15)18-10-6-7-11-19(18)23(24,25)26/h4-13,20H,3H2,1-2H3,(H,27,28,29). The minimum Gasteiger partial charge on any atom is -0.340 e. The van der Waals surface area contributed by atoms with Crippen molar-refractivity contribution in [3.63, 3.8) is 0 Å². The van der Waals surface area contributed by atoms with Crippen LogP contribution in [0.25, 0.3) is 11.3 Å². The summed E-state index contributed by atoms with van der Waals surface area (Å²) in [5.74, 6) is 0.730. The van der Waals surface area contributed by atoms with Crippen molar-refractivity contribution in [1.82, 2.24) is 4.98 Å². The second kappa shape index (κ2) is 7.35. The molecule has 0 bridgehead atoms. The number of halogens is 3. The quantitative estimate of drug-likeness (QED) is 0.557. The van der Waals surface area contributed by atoms with Crippen LogP contribution in [0.15, 0.2) is 65.7 Å². The number of hydrogen-bond acceptors (Lipinski definition) is 3. The first-order valence-electron chi connectivity index (χ1n) is 9.46. The van der Waals surface area contributed by atoms with Crippen molar-refractivity contribution in [1.29, 1.82) is 0 Å². The zero-order valence-corrected chi connectivity index (χ0v) is 16.1. The molecule has 29 heavy (non-hydrogen) atoms. The largest absolute Gasteiger partial charge is 0.417 e. The van der Waals surface area contributed by atoms with E-state index in [2.05, 4.69) is 23.3 Å². The second-order valence-corrected chi connectivity index (χ2v) is 7.04. The van der Waals surface area contributed by atoms with Gasteiger partial charge < -0.3 is 5.32 Å². The Kier molecular flexibility index (Phi) is 4.86. The number of aliphatic imine (C=N–C) groups is 1. The van der Waals surface area contributed by atoms with Crippen LogP contribution in [-0.2, 0) is 6.18 Å². The first-order chi connectivity index (χ1) is 13.9. The van der Waals surface area contributed by atoms with Crippen molar-refractivity contribution in [2.24, 2.45) is 4.99 Å². The van der Waals surface area contributed by atoms with Gasteiger partial charge in [-0.15, -0.1) is 0 Å². The summed E-state index contributed by atoms with van der Waals surface area (Å²) in [7, 11) is 0. The van der Waals surface area contributed by atoms with Crippen LogP contribution >= 0.6 is 0 Å². The molecular formula is C23H20F3N3. The van der Waals surface area contributed by atoms with Crippen molar-refractivity contribution in [3.8, 4) is 11.3 Å². The second-order valence-electron chi connectivity index (χ2n) is 7.04. The van der Waals surface area contributed by atoms with Gasteiger partial charge >= 0.3 is 6.18 Å². The molecule has 148 valence electrons. The number of amidine groups is 1. The topological polar surface area (TPSA) is 37.3 Å². The maximum Gasteiger partial charge on any atom is 0.417 e. The minimum atomic E-state index is -4.45. The predicted octanol–water partition coefficient (Wildman–Crippen LogP) is 6.40. The number of hydrogen-bond donors (Lipinski definition) is 1. The number of aryl methyl sites for hydroxylation is 1. The number of aromatic nitrogens is 1. The molecule has 1 N–H and O–H groups in total. The van der Waals surface area contributed by atoms with Crippen molar-refractivity contribution in [2.75, 3.05) is 5.32 Å².